The van der Waals surface area contributed by atoms with Gasteiger partial charge in [-0.1, -0.05) is 66.6 Å². The van der Waals surface area contributed by atoms with Gasteiger partial charge in [-0.3, -0.25) is 9.59 Å². The van der Waals surface area contributed by atoms with E-state index in [0.717, 1.165) is 67.0 Å². The summed E-state index contributed by atoms with van der Waals surface area (Å²) in [5.74, 6) is 4.78. The van der Waals surface area contributed by atoms with E-state index >= 15 is 0 Å². The molecule has 1 unspecified atom stereocenters. The van der Waals surface area contributed by atoms with Crippen molar-refractivity contribution in [3.8, 4) is 12.3 Å². The normalized spacial score (nSPS) is 42.3. The zero-order valence-corrected chi connectivity index (χ0v) is 32.1. The van der Waals surface area contributed by atoms with Gasteiger partial charge in [-0.15, -0.1) is 6.42 Å². The number of rotatable bonds is 3. The lowest BCUT2D eigenvalue weighted by molar-refractivity contribution is -0.941. The van der Waals surface area contributed by atoms with Crippen LogP contribution >= 0.6 is 22.6 Å². The largest absolute Gasteiger partial charge is 0.387 e. The summed E-state index contributed by atoms with van der Waals surface area (Å²) >= 11 is 2.73. The molecule has 11 atom stereocenters. The van der Waals surface area contributed by atoms with Crippen LogP contribution in [-0.4, -0.2) is 109 Å². The van der Waals surface area contributed by atoms with Crippen LogP contribution < -0.4 is 0 Å². The molecule has 4 saturated carbocycles. The molecular weight excluding hydrogens is 739 g/mol. The van der Waals surface area contributed by atoms with Crippen molar-refractivity contribution in [1.29, 1.82) is 0 Å². The van der Waals surface area contributed by atoms with Crippen LogP contribution in [0.15, 0.2) is 36.4 Å². The molecule has 2 saturated heterocycles. The fourth-order valence-corrected chi connectivity index (χ4v) is 14.7. The lowest BCUT2D eigenvalue weighted by Gasteiger charge is -2.65. The SMILES string of the molecule is C#C[C@@]1(O)CC[C@H]2[C@@H]3CC[C@H]4C[C@H](O)[C@@H]([N+]5(C)CCN(C(=O)[C@@H]6CCCN6C(=O)c6ccc7ccccc7n6)CC5)C(I)[C@]4(C)[C@H]3CC[C@@]21C. The molecule has 4 aliphatic carbocycles. The van der Waals surface area contributed by atoms with E-state index < -0.39 is 11.6 Å². The second kappa shape index (κ2) is 12.4. The Hall–Kier alpha value is -2.26. The number of halogens is 1. The van der Waals surface area contributed by atoms with Gasteiger partial charge in [0.2, 0.25) is 5.91 Å². The molecular formula is C41H54IN4O4+. The maximum absolute atomic E-state index is 14.1. The Morgan fingerprint density at radius 3 is 2.50 bits per heavy atom. The zero-order valence-electron chi connectivity index (χ0n) is 29.9. The Balaban J connectivity index is 0.968. The van der Waals surface area contributed by atoms with Crippen molar-refractivity contribution in [3.05, 3.63) is 42.1 Å². The van der Waals surface area contributed by atoms with Gasteiger partial charge in [0.25, 0.3) is 5.91 Å². The highest BCUT2D eigenvalue weighted by molar-refractivity contribution is 14.1. The highest BCUT2D eigenvalue weighted by Gasteiger charge is 2.68. The van der Waals surface area contributed by atoms with Crippen LogP contribution in [0.1, 0.15) is 82.1 Å². The summed E-state index contributed by atoms with van der Waals surface area (Å²) in [5, 5.41) is 24.4. The summed E-state index contributed by atoms with van der Waals surface area (Å²) in [6, 6.07) is 11.1. The summed E-state index contributed by atoms with van der Waals surface area (Å²) in [5.41, 5.74) is 0.0628. The number of aromatic nitrogens is 1. The number of terminal acetylenes is 1. The van der Waals surface area contributed by atoms with E-state index in [1.54, 1.807) is 11.0 Å². The molecule has 8 nitrogen and oxygen atoms in total. The number of likely N-dealkylation sites (N-methyl/N-ethyl adjacent to an activating group) is 1. The number of likely N-dealkylation sites (tertiary alicyclic amines) is 1. The van der Waals surface area contributed by atoms with Crippen molar-refractivity contribution in [1.82, 2.24) is 14.8 Å². The number of hydrogen-bond acceptors (Lipinski definition) is 5. The van der Waals surface area contributed by atoms with Gasteiger partial charge in [0.15, 0.2) is 0 Å². The summed E-state index contributed by atoms with van der Waals surface area (Å²) in [6.07, 6.45) is 14.0. The van der Waals surface area contributed by atoms with Gasteiger partial charge in [-0.25, -0.2) is 4.98 Å². The molecule has 6 aliphatic rings. The molecule has 0 radical (unpaired) electrons. The molecule has 0 spiro atoms. The highest BCUT2D eigenvalue weighted by Crippen LogP contribution is 2.69. The predicted octanol–water partition coefficient (Wildman–Crippen LogP) is 5.29. The number of alkyl halides is 1. The molecule has 9 heteroatoms. The van der Waals surface area contributed by atoms with Gasteiger partial charge in [-0.05, 0) is 99.0 Å². The number of aliphatic hydroxyl groups excluding tert-OH is 1. The zero-order chi connectivity index (χ0) is 35.2. The number of hydrogen-bond donors (Lipinski definition) is 2. The van der Waals surface area contributed by atoms with Crippen LogP contribution in [0.25, 0.3) is 10.9 Å². The minimum atomic E-state index is -0.999. The van der Waals surface area contributed by atoms with E-state index in [4.69, 9.17) is 6.42 Å². The predicted molar refractivity (Wildman–Crippen MR) is 202 cm³/mol. The summed E-state index contributed by atoms with van der Waals surface area (Å²) < 4.78 is 1.06. The van der Waals surface area contributed by atoms with Gasteiger partial charge in [-0.2, -0.15) is 0 Å². The molecule has 2 amide bonds. The van der Waals surface area contributed by atoms with Crippen LogP contribution in [0, 0.1) is 46.8 Å². The number of carbonyl (C=O) groups excluding carboxylic acids is 2. The van der Waals surface area contributed by atoms with Crippen LogP contribution in [0.4, 0.5) is 0 Å². The summed E-state index contributed by atoms with van der Waals surface area (Å²) in [4.78, 5) is 36.1. The second-order valence-electron chi connectivity index (χ2n) is 17.5. The number of para-hydroxylation sites is 1. The number of nitrogens with zero attached hydrogens (tertiary/aromatic N) is 4. The molecule has 1 aromatic carbocycles. The molecule has 3 heterocycles. The van der Waals surface area contributed by atoms with Gasteiger partial charge in [0.05, 0.1) is 42.7 Å². The average Bonchev–Trinajstić information content (AvgIpc) is 3.71. The Bertz CT molecular complexity index is 1720. The quantitative estimate of drug-likeness (QED) is 0.191. The Labute approximate surface area is 311 Å². The second-order valence-corrected chi connectivity index (χ2v) is 18.9. The average molecular weight is 794 g/mol. The van der Waals surface area contributed by atoms with Crippen molar-refractivity contribution in [2.24, 2.45) is 34.5 Å². The van der Waals surface area contributed by atoms with Crippen LogP contribution in [-0.2, 0) is 4.79 Å². The molecule has 2 N–H and O–H groups in total. The van der Waals surface area contributed by atoms with Gasteiger partial charge in [0.1, 0.15) is 29.5 Å². The Kier molecular flexibility index (Phi) is 8.64. The first-order chi connectivity index (χ1) is 23.8. The lowest BCUT2D eigenvalue weighted by Crippen LogP contribution is -2.73. The number of quaternary nitrogens is 1. The van der Waals surface area contributed by atoms with Crippen molar-refractivity contribution in [2.45, 2.75) is 99.3 Å². The number of carbonyl (C=O) groups is 2. The number of benzene rings is 1. The topological polar surface area (TPSA) is 94.0 Å². The molecule has 6 fully saturated rings. The monoisotopic (exact) mass is 793 g/mol. The number of amides is 2. The minimum Gasteiger partial charge on any atom is -0.387 e. The maximum Gasteiger partial charge on any atom is 0.273 e. The molecule has 1 aromatic heterocycles. The van der Waals surface area contributed by atoms with E-state index in [0.29, 0.717) is 65.8 Å². The van der Waals surface area contributed by atoms with Gasteiger partial charge in [0, 0.05) is 17.3 Å². The van der Waals surface area contributed by atoms with E-state index in [-0.39, 0.29) is 34.8 Å². The minimum absolute atomic E-state index is 0.0500. The number of piperazine rings is 1. The molecule has 0 bridgehead atoms. The number of aliphatic hydroxyl groups is 2. The summed E-state index contributed by atoms with van der Waals surface area (Å²) in [7, 11) is 2.31. The maximum atomic E-state index is 14.1. The molecule has 268 valence electrons. The van der Waals surface area contributed by atoms with E-state index in [1.165, 1.54) is 6.42 Å². The summed E-state index contributed by atoms with van der Waals surface area (Å²) in [6.45, 7) is 8.23. The van der Waals surface area contributed by atoms with Crippen molar-refractivity contribution in [3.63, 3.8) is 0 Å². The van der Waals surface area contributed by atoms with Crippen molar-refractivity contribution in [2.75, 3.05) is 39.8 Å². The first-order valence-electron chi connectivity index (χ1n) is 19.2. The fourth-order valence-electron chi connectivity index (χ4n) is 12.5. The molecule has 50 heavy (non-hydrogen) atoms. The van der Waals surface area contributed by atoms with Gasteiger partial charge >= 0.3 is 0 Å². The number of pyridine rings is 1. The first-order valence-corrected chi connectivity index (χ1v) is 20.4. The smallest absolute Gasteiger partial charge is 0.273 e. The molecule has 8 rings (SSSR count). The van der Waals surface area contributed by atoms with E-state index in [1.807, 2.05) is 35.2 Å². The third kappa shape index (κ3) is 5.04. The lowest BCUT2D eigenvalue weighted by atomic mass is 9.44. The third-order valence-electron chi connectivity index (χ3n) is 15.6. The fraction of sp³-hybridized carbons (Fsp3) is 0.683. The Morgan fingerprint density at radius 2 is 1.74 bits per heavy atom. The van der Waals surface area contributed by atoms with E-state index in [9.17, 15) is 19.8 Å². The van der Waals surface area contributed by atoms with Crippen molar-refractivity contribution < 1.29 is 24.3 Å². The Morgan fingerprint density at radius 1 is 1.00 bits per heavy atom. The molecule has 2 aliphatic heterocycles. The van der Waals surface area contributed by atoms with Crippen LogP contribution in [0.3, 0.4) is 0 Å². The standard InChI is InChI=1S/C41H54IN4O4/c1-5-41(50)19-17-29-28-14-13-27-25-34(47)35(36(42)40(27,3)30(28)16-18-39(29,41)2)46(4)23-21-44(22-24-46)38(49)33-11-8-20-45(33)37(48)32-15-12-26-9-6-7-10-31(26)43-32/h1,6-7,9-10,12,15,27-30,33-36,47,50H,8,11,13-14,16-25H2,2-4H3/q+1/t27-,28-,29-,30-,33-,34-,35+,36?,39-,40-,41+/m0/s1. The van der Waals surface area contributed by atoms with Gasteiger partial charge < -0.3 is 24.5 Å². The molecule has 2 aromatic rings. The van der Waals surface area contributed by atoms with Crippen molar-refractivity contribution >= 4 is 45.3 Å². The van der Waals surface area contributed by atoms with Crippen LogP contribution in [0.5, 0.6) is 0 Å². The first kappa shape index (κ1) is 34.8. The highest BCUT2D eigenvalue weighted by atomic mass is 127. The van der Waals surface area contributed by atoms with E-state index in [2.05, 4.69) is 54.4 Å². The van der Waals surface area contributed by atoms with Crippen LogP contribution in [0.2, 0.25) is 0 Å². The number of fused-ring (bicyclic) bond motifs is 6. The third-order valence-corrected chi connectivity index (χ3v) is 17.7.